The summed E-state index contributed by atoms with van der Waals surface area (Å²) < 4.78 is 3.22. The molecule has 2 aromatic rings. The summed E-state index contributed by atoms with van der Waals surface area (Å²) in [6, 6.07) is 2.14. The fraction of sp³-hybridized carbons (Fsp3) is 0.500. The molecule has 2 aromatic heterocycles. The summed E-state index contributed by atoms with van der Waals surface area (Å²) in [4.78, 5) is 12.6. The van der Waals surface area contributed by atoms with Crippen molar-refractivity contribution in [2.45, 2.75) is 33.9 Å². The third-order valence-electron chi connectivity index (χ3n) is 3.54. The van der Waals surface area contributed by atoms with Crippen LogP contribution < -0.4 is 5.32 Å². The first kappa shape index (κ1) is 21.4. The molecule has 1 N–H and O–H groups in total. The highest BCUT2D eigenvalue weighted by Gasteiger charge is 2.11. The van der Waals surface area contributed by atoms with Crippen LogP contribution in [0.4, 0.5) is 0 Å². The first-order valence-electron chi connectivity index (χ1n) is 7.63. The van der Waals surface area contributed by atoms with E-state index in [4.69, 9.17) is 4.99 Å². The minimum absolute atomic E-state index is 0. The summed E-state index contributed by atoms with van der Waals surface area (Å²) in [5.74, 6) is 0.912. The van der Waals surface area contributed by atoms with Gasteiger partial charge < -0.3 is 14.8 Å². The van der Waals surface area contributed by atoms with E-state index in [2.05, 4.69) is 69.0 Å². The molecule has 0 fully saturated rings. The van der Waals surface area contributed by atoms with Crippen molar-refractivity contribution in [3.05, 3.63) is 38.0 Å². The molecule has 0 amide bonds. The van der Waals surface area contributed by atoms with Crippen molar-refractivity contribution in [1.29, 1.82) is 0 Å². The van der Waals surface area contributed by atoms with Gasteiger partial charge in [0.2, 0.25) is 0 Å². The third-order valence-corrected chi connectivity index (χ3v) is 5.03. The van der Waals surface area contributed by atoms with Gasteiger partial charge in [-0.05, 0) is 42.8 Å². The number of nitrogens with one attached hydrogen (secondary N) is 1. The van der Waals surface area contributed by atoms with Gasteiger partial charge >= 0.3 is 0 Å². The van der Waals surface area contributed by atoms with Crippen LogP contribution >= 0.6 is 51.2 Å². The Morgan fingerprint density at radius 1 is 1.46 bits per heavy atom. The van der Waals surface area contributed by atoms with Crippen LogP contribution in [0.5, 0.6) is 0 Å². The van der Waals surface area contributed by atoms with Crippen molar-refractivity contribution in [2.24, 2.45) is 12.0 Å². The molecule has 0 aliphatic carbocycles. The molecular formula is C16H25BrIN5S. The van der Waals surface area contributed by atoms with Crippen molar-refractivity contribution in [3.63, 3.8) is 0 Å². The molecule has 2 heterocycles. The molecule has 0 spiro atoms. The van der Waals surface area contributed by atoms with Gasteiger partial charge in [0.05, 0.1) is 23.8 Å². The van der Waals surface area contributed by atoms with E-state index < -0.39 is 0 Å². The Morgan fingerprint density at radius 3 is 2.67 bits per heavy atom. The summed E-state index contributed by atoms with van der Waals surface area (Å²) in [6.45, 7) is 8.49. The molecule has 0 saturated heterocycles. The standard InChI is InChI=1S/C16H24BrN5S.HI/c1-6-18-16(19-8-15-11(2)20-12(3)23-15)22(5)10-14-7-13(17)9-21(14)4;/h7,9H,6,8,10H2,1-5H3,(H,18,19);1H. The molecule has 0 aliphatic rings. The van der Waals surface area contributed by atoms with Crippen LogP contribution in [0, 0.1) is 13.8 Å². The van der Waals surface area contributed by atoms with Crippen LogP contribution in [-0.4, -0.2) is 34.0 Å². The molecule has 0 saturated carbocycles. The minimum Gasteiger partial charge on any atom is -0.357 e. The van der Waals surface area contributed by atoms with E-state index in [1.807, 2.05) is 13.8 Å². The highest BCUT2D eigenvalue weighted by Crippen LogP contribution is 2.18. The van der Waals surface area contributed by atoms with E-state index in [1.165, 1.54) is 10.6 Å². The Kier molecular flexibility index (Phi) is 8.72. The molecule has 0 radical (unpaired) electrons. The predicted octanol–water partition coefficient (Wildman–Crippen LogP) is 4.08. The van der Waals surface area contributed by atoms with Crippen molar-refractivity contribution < 1.29 is 0 Å². The van der Waals surface area contributed by atoms with Crippen LogP contribution in [0.25, 0.3) is 0 Å². The number of guanidine groups is 1. The van der Waals surface area contributed by atoms with E-state index in [1.54, 1.807) is 11.3 Å². The van der Waals surface area contributed by atoms with Gasteiger partial charge in [-0.1, -0.05) is 0 Å². The van der Waals surface area contributed by atoms with Crippen LogP contribution in [-0.2, 0) is 20.1 Å². The van der Waals surface area contributed by atoms with E-state index in [-0.39, 0.29) is 24.0 Å². The van der Waals surface area contributed by atoms with E-state index >= 15 is 0 Å². The van der Waals surface area contributed by atoms with Crippen LogP contribution in [0.1, 0.15) is 28.2 Å². The lowest BCUT2D eigenvalue weighted by molar-refractivity contribution is 0.462. The van der Waals surface area contributed by atoms with Crippen LogP contribution in [0.3, 0.4) is 0 Å². The number of aliphatic imine (C=N–C) groups is 1. The maximum atomic E-state index is 4.77. The lowest BCUT2D eigenvalue weighted by atomic mass is 10.4. The minimum atomic E-state index is 0. The monoisotopic (exact) mass is 525 g/mol. The van der Waals surface area contributed by atoms with Gasteiger partial charge in [0.1, 0.15) is 0 Å². The zero-order chi connectivity index (χ0) is 17.0. The highest BCUT2D eigenvalue weighted by molar-refractivity contribution is 14.0. The van der Waals surface area contributed by atoms with Gasteiger partial charge in [0, 0.05) is 41.9 Å². The quantitative estimate of drug-likeness (QED) is 0.363. The first-order chi connectivity index (χ1) is 10.9. The molecule has 0 bridgehead atoms. The number of halogens is 2. The van der Waals surface area contributed by atoms with Gasteiger partial charge in [0.25, 0.3) is 0 Å². The normalized spacial score (nSPS) is 11.3. The molecule has 0 aliphatic heterocycles. The van der Waals surface area contributed by atoms with Crippen molar-refractivity contribution in [2.75, 3.05) is 13.6 Å². The van der Waals surface area contributed by atoms with Gasteiger partial charge in [-0.2, -0.15) is 0 Å². The van der Waals surface area contributed by atoms with Gasteiger partial charge in [-0.3, -0.25) is 0 Å². The van der Waals surface area contributed by atoms with Crippen molar-refractivity contribution in [1.82, 2.24) is 19.8 Å². The average molecular weight is 526 g/mol. The lowest BCUT2D eigenvalue weighted by Gasteiger charge is -2.22. The first-order valence-corrected chi connectivity index (χ1v) is 9.24. The summed E-state index contributed by atoms with van der Waals surface area (Å²) in [6.07, 6.45) is 2.07. The second-order valence-corrected chi connectivity index (χ2v) is 7.73. The summed E-state index contributed by atoms with van der Waals surface area (Å²) in [5, 5.41) is 4.46. The number of hydrogen-bond donors (Lipinski definition) is 1. The number of aromatic nitrogens is 2. The highest BCUT2D eigenvalue weighted by atomic mass is 127. The third kappa shape index (κ3) is 5.73. The number of hydrogen-bond acceptors (Lipinski definition) is 3. The molecule has 134 valence electrons. The fourth-order valence-corrected chi connectivity index (χ4v) is 3.81. The smallest absolute Gasteiger partial charge is 0.194 e. The molecule has 0 unspecified atom stereocenters. The second-order valence-electron chi connectivity index (χ2n) is 5.53. The van der Waals surface area contributed by atoms with Gasteiger partial charge in [-0.25, -0.2) is 9.98 Å². The fourth-order valence-electron chi connectivity index (χ4n) is 2.38. The Bertz CT molecular complexity index is 695. The van der Waals surface area contributed by atoms with E-state index in [0.717, 1.165) is 34.2 Å². The zero-order valence-electron chi connectivity index (χ0n) is 14.8. The van der Waals surface area contributed by atoms with Gasteiger partial charge in [0.15, 0.2) is 5.96 Å². The molecule has 5 nitrogen and oxygen atoms in total. The summed E-state index contributed by atoms with van der Waals surface area (Å²) >= 11 is 5.24. The van der Waals surface area contributed by atoms with Crippen LogP contribution in [0.15, 0.2) is 21.7 Å². The predicted molar refractivity (Wildman–Crippen MR) is 116 cm³/mol. The molecule has 8 heteroatoms. The van der Waals surface area contributed by atoms with Crippen LogP contribution in [0.2, 0.25) is 0 Å². The molecular weight excluding hydrogens is 501 g/mol. The maximum Gasteiger partial charge on any atom is 0.194 e. The molecule has 0 aromatic carbocycles. The average Bonchev–Trinajstić information content (AvgIpc) is 2.96. The number of aryl methyl sites for hydroxylation is 3. The van der Waals surface area contributed by atoms with Crippen molar-refractivity contribution >= 4 is 57.2 Å². The SMILES string of the molecule is CCNC(=NCc1sc(C)nc1C)N(C)Cc1cc(Br)cn1C.I. The van der Waals surface area contributed by atoms with E-state index in [0.29, 0.717) is 6.54 Å². The lowest BCUT2D eigenvalue weighted by Crippen LogP contribution is -2.38. The number of nitrogens with zero attached hydrogens (tertiary/aromatic N) is 4. The number of rotatable bonds is 5. The Hall–Kier alpha value is -0.610. The molecule has 0 atom stereocenters. The second kappa shape index (κ2) is 9.76. The molecule has 24 heavy (non-hydrogen) atoms. The Balaban J connectivity index is 0.00000288. The summed E-state index contributed by atoms with van der Waals surface area (Å²) in [7, 11) is 4.12. The maximum absolute atomic E-state index is 4.77. The Labute approximate surface area is 173 Å². The summed E-state index contributed by atoms with van der Waals surface area (Å²) in [5.41, 5.74) is 2.32. The van der Waals surface area contributed by atoms with E-state index in [9.17, 15) is 0 Å². The zero-order valence-corrected chi connectivity index (χ0v) is 19.5. The largest absolute Gasteiger partial charge is 0.357 e. The number of thiazole rings is 1. The van der Waals surface area contributed by atoms with Crippen molar-refractivity contribution in [3.8, 4) is 0 Å². The topological polar surface area (TPSA) is 45.5 Å². The Morgan fingerprint density at radius 2 is 2.17 bits per heavy atom. The molecule has 2 rings (SSSR count). The van der Waals surface area contributed by atoms with Gasteiger partial charge in [-0.15, -0.1) is 35.3 Å².